The van der Waals surface area contributed by atoms with Crippen LogP contribution in [0.15, 0.2) is 4.99 Å². The number of rotatable bonds is 1. The van der Waals surface area contributed by atoms with Crippen molar-refractivity contribution in [2.45, 2.75) is 45.2 Å². The van der Waals surface area contributed by atoms with Crippen LogP contribution in [0.4, 0.5) is 0 Å². The Bertz CT molecular complexity index is 301. The van der Waals surface area contributed by atoms with E-state index in [2.05, 4.69) is 38.0 Å². The van der Waals surface area contributed by atoms with Gasteiger partial charge in [0.2, 0.25) is 0 Å². The Kier molecular flexibility index (Phi) is 4.03. The Balaban J connectivity index is 1.98. The van der Waals surface area contributed by atoms with Crippen LogP contribution in [-0.2, 0) is 0 Å². The Morgan fingerprint density at radius 2 is 2.24 bits per heavy atom. The zero-order valence-corrected chi connectivity index (χ0v) is 12.3. The fraction of sp³-hybridized carbons (Fsp3) is 0.923. The van der Waals surface area contributed by atoms with Gasteiger partial charge >= 0.3 is 0 Å². The number of hydrogen-bond donors (Lipinski definition) is 1. The van der Waals surface area contributed by atoms with Crippen LogP contribution in [0.25, 0.3) is 0 Å². The average molecular weight is 255 g/mol. The van der Waals surface area contributed by atoms with Crippen LogP contribution in [0.2, 0.25) is 0 Å². The maximum atomic E-state index is 4.95. The normalized spacial score (nSPS) is 36.8. The van der Waals surface area contributed by atoms with Crippen LogP contribution in [0.3, 0.4) is 0 Å². The Hall–Kier alpha value is -0.220. The van der Waals surface area contributed by atoms with Gasteiger partial charge in [0.05, 0.1) is 6.04 Å². The van der Waals surface area contributed by atoms with E-state index < -0.39 is 0 Å². The van der Waals surface area contributed by atoms with Gasteiger partial charge in [-0.05, 0) is 46.2 Å². The number of aliphatic imine (C=N–C) groups is 1. The van der Waals surface area contributed by atoms with E-state index in [-0.39, 0.29) is 5.54 Å². The molecule has 0 aromatic carbocycles. The van der Waals surface area contributed by atoms with E-state index in [9.17, 15) is 0 Å². The fourth-order valence-electron chi connectivity index (χ4n) is 2.54. The minimum absolute atomic E-state index is 0.221. The smallest absolute Gasteiger partial charge is 0.157 e. The third-order valence-electron chi connectivity index (χ3n) is 3.76. The number of piperidine rings is 1. The third kappa shape index (κ3) is 3.62. The van der Waals surface area contributed by atoms with Gasteiger partial charge in [0.15, 0.2) is 5.17 Å². The highest BCUT2D eigenvalue weighted by Gasteiger charge is 2.28. The van der Waals surface area contributed by atoms with E-state index in [1.807, 2.05) is 11.8 Å². The summed E-state index contributed by atoms with van der Waals surface area (Å²) in [5.41, 5.74) is 0.221. The topological polar surface area (TPSA) is 27.6 Å². The average Bonchev–Trinajstić information content (AvgIpc) is 2.21. The van der Waals surface area contributed by atoms with Crippen LogP contribution in [0.5, 0.6) is 0 Å². The van der Waals surface area contributed by atoms with Crippen LogP contribution in [0, 0.1) is 5.92 Å². The minimum Gasteiger partial charge on any atom is -0.360 e. The molecule has 2 aliphatic rings. The largest absolute Gasteiger partial charge is 0.360 e. The molecule has 98 valence electrons. The molecule has 0 aromatic rings. The summed E-state index contributed by atoms with van der Waals surface area (Å²) in [6, 6.07) is 0.509. The van der Waals surface area contributed by atoms with Crippen molar-refractivity contribution >= 4 is 16.9 Å². The van der Waals surface area contributed by atoms with Crippen LogP contribution >= 0.6 is 11.8 Å². The standard InChI is InChI=1S/C13H25N3S/c1-10-9-16(4)7-5-11(10)14-12-15-13(2,3)6-8-17-12/h10-11H,5-9H2,1-4H3,(H,14,15). The zero-order valence-electron chi connectivity index (χ0n) is 11.5. The summed E-state index contributed by atoms with van der Waals surface area (Å²) in [5.74, 6) is 1.87. The molecule has 4 heteroatoms. The number of likely N-dealkylation sites (tertiary alicyclic amines) is 1. The second kappa shape index (κ2) is 5.19. The summed E-state index contributed by atoms with van der Waals surface area (Å²) >= 11 is 1.89. The van der Waals surface area contributed by atoms with E-state index >= 15 is 0 Å². The number of hydrogen-bond acceptors (Lipinski definition) is 3. The van der Waals surface area contributed by atoms with Crippen molar-refractivity contribution in [2.24, 2.45) is 10.9 Å². The molecule has 2 aliphatic heterocycles. The van der Waals surface area contributed by atoms with E-state index in [1.165, 1.54) is 36.9 Å². The van der Waals surface area contributed by atoms with Crippen LogP contribution < -0.4 is 5.32 Å². The molecule has 0 aromatic heterocycles. The highest BCUT2D eigenvalue weighted by Crippen LogP contribution is 2.25. The van der Waals surface area contributed by atoms with Crippen molar-refractivity contribution in [1.29, 1.82) is 0 Å². The number of nitrogens with zero attached hydrogens (tertiary/aromatic N) is 2. The molecule has 2 atom stereocenters. The summed E-state index contributed by atoms with van der Waals surface area (Å²) in [5, 5.41) is 4.74. The maximum Gasteiger partial charge on any atom is 0.157 e. The van der Waals surface area contributed by atoms with Gasteiger partial charge in [-0.15, -0.1) is 0 Å². The van der Waals surface area contributed by atoms with Gasteiger partial charge in [0.25, 0.3) is 0 Å². The summed E-state index contributed by atoms with van der Waals surface area (Å²) in [6.45, 7) is 9.21. The Morgan fingerprint density at radius 1 is 1.47 bits per heavy atom. The van der Waals surface area contributed by atoms with Gasteiger partial charge in [-0.2, -0.15) is 0 Å². The summed E-state index contributed by atoms with van der Waals surface area (Å²) in [7, 11) is 2.20. The molecule has 0 aliphatic carbocycles. The van der Waals surface area contributed by atoms with E-state index in [1.54, 1.807) is 0 Å². The first-order chi connectivity index (χ1) is 7.96. The maximum absolute atomic E-state index is 4.95. The van der Waals surface area contributed by atoms with Gasteiger partial charge in [-0.1, -0.05) is 18.7 Å². The minimum atomic E-state index is 0.221. The molecule has 3 nitrogen and oxygen atoms in total. The predicted octanol–water partition coefficient (Wildman–Crippen LogP) is 2.19. The summed E-state index contributed by atoms with van der Waals surface area (Å²) in [6.07, 6.45) is 2.42. The molecule has 2 heterocycles. The van der Waals surface area contributed by atoms with Crippen molar-refractivity contribution in [3.63, 3.8) is 0 Å². The van der Waals surface area contributed by atoms with Crippen molar-refractivity contribution in [2.75, 3.05) is 25.9 Å². The molecule has 2 unspecified atom stereocenters. The molecule has 2 rings (SSSR count). The van der Waals surface area contributed by atoms with Gasteiger partial charge in [-0.25, -0.2) is 0 Å². The highest BCUT2D eigenvalue weighted by molar-refractivity contribution is 8.13. The first-order valence-electron chi connectivity index (χ1n) is 6.64. The molecule has 2 fully saturated rings. The van der Waals surface area contributed by atoms with Crippen LogP contribution in [0.1, 0.15) is 33.6 Å². The highest BCUT2D eigenvalue weighted by atomic mass is 32.2. The third-order valence-corrected chi connectivity index (χ3v) is 4.65. The molecule has 0 radical (unpaired) electrons. The van der Waals surface area contributed by atoms with Gasteiger partial charge in [0, 0.05) is 17.8 Å². The lowest BCUT2D eigenvalue weighted by Crippen LogP contribution is -2.47. The molecule has 0 bridgehead atoms. The molecule has 0 saturated carbocycles. The second-order valence-electron chi connectivity index (χ2n) is 6.14. The monoisotopic (exact) mass is 255 g/mol. The Labute approximate surface area is 109 Å². The molecular weight excluding hydrogens is 230 g/mol. The molecule has 2 saturated heterocycles. The first-order valence-corrected chi connectivity index (χ1v) is 7.62. The lowest BCUT2D eigenvalue weighted by Gasteiger charge is -2.36. The number of amidine groups is 1. The zero-order chi connectivity index (χ0) is 12.5. The predicted molar refractivity (Wildman–Crippen MR) is 76.8 cm³/mol. The molecule has 1 N–H and O–H groups in total. The number of thioether (sulfide) groups is 1. The molecule has 0 spiro atoms. The van der Waals surface area contributed by atoms with E-state index in [0.717, 1.165) is 0 Å². The number of nitrogens with one attached hydrogen (secondary N) is 1. The summed E-state index contributed by atoms with van der Waals surface area (Å²) in [4.78, 5) is 7.36. The van der Waals surface area contributed by atoms with E-state index in [4.69, 9.17) is 4.99 Å². The molecule has 17 heavy (non-hydrogen) atoms. The van der Waals surface area contributed by atoms with E-state index in [0.29, 0.717) is 12.0 Å². The molecular formula is C13H25N3S. The SMILES string of the molecule is CC1CN(C)CCC1N=C1NC(C)(C)CCS1. The van der Waals surface area contributed by atoms with Crippen LogP contribution in [-0.4, -0.2) is 47.5 Å². The van der Waals surface area contributed by atoms with Crippen molar-refractivity contribution in [3.05, 3.63) is 0 Å². The lowest BCUT2D eigenvalue weighted by atomic mass is 9.95. The molecule has 0 amide bonds. The summed E-state index contributed by atoms with van der Waals surface area (Å²) < 4.78 is 0. The van der Waals surface area contributed by atoms with Gasteiger partial charge in [-0.3, -0.25) is 4.99 Å². The second-order valence-corrected chi connectivity index (χ2v) is 7.22. The Morgan fingerprint density at radius 3 is 2.88 bits per heavy atom. The van der Waals surface area contributed by atoms with Crippen molar-refractivity contribution in [1.82, 2.24) is 10.2 Å². The first kappa shape index (κ1) is 13.2. The van der Waals surface area contributed by atoms with Gasteiger partial charge in [0.1, 0.15) is 0 Å². The quantitative estimate of drug-likeness (QED) is 0.778. The fourth-order valence-corrected chi connectivity index (χ4v) is 3.91. The van der Waals surface area contributed by atoms with Gasteiger partial charge < -0.3 is 10.2 Å². The van der Waals surface area contributed by atoms with Crippen molar-refractivity contribution < 1.29 is 0 Å². The van der Waals surface area contributed by atoms with Crippen molar-refractivity contribution in [3.8, 4) is 0 Å². The lowest BCUT2D eigenvalue weighted by molar-refractivity contribution is 0.198.